The molecular weight excluding hydrogens is 160 g/mol. The van der Waals surface area contributed by atoms with Gasteiger partial charge in [0.1, 0.15) is 6.10 Å². The van der Waals surface area contributed by atoms with Crippen LogP contribution in [0.15, 0.2) is 0 Å². The van der Waals surface area contributed by atoms with Crippen LogP contribution in [-0.2, 0) is 19.1 Å². The molecule has 70 valence electrons. The molecular formula is C8H14O4. The van der Waals surface area contributed by atoms with Crippen LogP contribution in [0, 0.1) is 0 Å². The predicted molar refractivity (Wildman–Crippen MR) is 42.5 cm³/mol. The number of rotatable bonds is 4. The summed E-state index contributed by atoms with van der Waals surface area (Å²) in [5.74, 6) is -0.629. The Morgan fingerprint density at radius 2 is 1.83 bits per heavy atom. The molecule has 0 saturated carbocycles. The third-order valence-corrected chi connectivity index (χ3v) is 1.20. The van der Waals surface area contributed by atoms with Crippen LogP contribution < -0.4 is 0 Å². The molecule has 0 radical (unpaired) electrons. The maximum Gasteiger partial charge on any atom is 0.302 e. The Morgan fingerprint density at radius 3 is 2.25 bits per heavy atom. The molecule has 1 atom stereocenters. The monoisotopic (exact) mass is 174 g/mol. The van der Waals surface area contributed by atoms with E-state index in [1.54, 1.807) is 6.92 Å². The van der Waals surface area contributed by atoms with Crippen molar-refractivity contribution in [1.82, 2.24) is 0 Å². The summed E-state index contributed by atoms with van der Waals surface area (Å²) in [6, 6.07) is 0. The van der Waals surface area contributed by atoms with E-state index >= 15 is 0 Å². The van der Waals surface area contributed by atoms with Crippen LogP contribution in [0.25, 0.3) is 0 Å². The van der Waals surface area contributed by atoms with Gasteiger partial charge in [-0.1, -0.05) is 0 Å². The topological polar surface area (TPSA) is 52.6 Å². The van der Waals surface area contributed by atoms with Gasteiger partial charge < -0.3 is 9.47 Å². The molecule has 0 heterocycles. The van der Waals surface area contributed by atoms with Crippen molar-refractivity contribution in [3.63, 3.8) is 0 Å². The average molecular weight is 174 g/mol. The van der Waals surface area contributed by atoms with Crippen molar-refractivity contribution in [2.45, 2.75) is 33.3 Å². The van der Waals surface area contributed by atoms with Crippen LogP contribution in [0.2, 0.25) is 0 Å². The summed E-state index contributed by atoms with van der Waals surface area (Å²) >= 11 is 0. The lowest BCUT2D eigenvalue weighted by molar-refractivity contribution is -0.147. The molecule has 0 aliphatic heterocycles. The number of hydrogen-bond acceptors (Lipinski definition) is 4. The van der Waals surface area contributed by atoms with Crippen LogP contribution in [0.5, 0.6) is 0 Å². The minimum atomic E-state index is -0.315. The van der Waals surface area contributed by atoms with Crippen molar-refractivity contribution in [1.29, 1.82) is 0 Å². The van der Waals surface area contributed by atoms with Gasteiger partial charge in [-0.25, -0.2) is 0 Å². The van der Waals surface area contributed by atoms with E-state index in [4.69, 9.17) is 4.74 Å². The third kappa shape index (κ3) is 7.05. The molecule has 0 aliphatic rings. The molecule has 0 unspecified atom stereocenters. The van der Waals surface area contributed by atoms with Gasteiger partial charge in [-0.3, -0.25) is 9.59 Å². The van der Waals surface area contributed by atoms with Gasteiger partial charge >= 0.3 is 11.9 Å². The minimum Gasteiger partial charge on any atom is -0.466 e. The van der Waals surface area contributed by atoms with E-state index in [1.165, 1.54) is 13.8 Å². The number of esters is 2. The Balaban J connectivity index is 3.37. The Bertz CT molecular complexity index is 164. The molecule has 4 nitrogen and oxygen atoms in total. The molecule has 12 heavy (non-hydrogen) atoms. The summed E-state index contributed by atoms with van der Waals surface area (Å²) in [7, 11) is 0. The SMILES string of the molecule is CC(=O)OCC[C@@H](C)OC(C)=O. The lowest BCUT2D eigenvalue weighted by atomic mass is 10.3. The normalized spacial score (nSPS) is 11.9. The van der Waals surface area contributed by atoms with Crippen LogP contribution in [0.4, 0.5) is 0 Å². The largest absolute Gasteiger partial charge is 0.466 e. The zero-order valence-electron chi connectivity index (χ0n) is 7.62. The van der Waals surface area contributed by atoms with Gasteiger partial charge in [-0.15, -0.1) is 0 Å². The zero-order chi connectivity index (χ0) is 9.56. The first-order valence-electron chi connectivity index (χ1n) is 3.83. The highest BCUT2D eigenvalue weighted by molar-refractivity contribution is 5.66. The molecule has 0 bridgehead atoms. The maximum atomic E-state index is 10.4. The summed E-state index contributed by atoms with van der Waals surface area (Å²) in [6.45, 7) is 4.74. The highest BCUT2D eigenvalue weighted by Crippen LogP contribution is 1.97. The number of ether oxygens (including phenoxy) is 2. The van der Waals surface area contributed by atoms with Crippen LogP contribution in [0.1, 0.15) is 27.2 Å². The molecule has 0 aromatic heterocycles. The lowest BCUT2D eigenvalue weighted by Gasteiger charge is -2.10. The summed E-state index contributed by atoms with van der Waals surface area (Å²) in [5, 5.41) is 0. The lowest BCUT2D eigenvalue weighted by Crippen LogP contribution is -2.15. The van der Waals surface area contributed by atoms with E-state index in [-0.39, 0.29) is 18.0 Å². The quantitative estimate of drug-likeness (QED) is 0.594. The summed E-state index contributed by atoms with van der Waals surface area (Å²) in [6.07, 6.45) is 0.348. The fraction of sp³-hybridized carbons (Fsp3) is 0.750. The van der Waals surface area contributed by atoms with Gasteiger partial charge in [0, 0.05) is 20.3 Å². The summed E-state index contributed by atoms with van der Waals surface area (Å²) in [5.41, 5.74) is 0. The fourth-order valence-electron chi connectivity index (χ4n) is 0.711. The first-order chi connectivity index (χ1) is 5.52. The first-order valence-corrected chi connectivity index (χ1v) is 3.83. The number of hydrogen-bond donors (Lipinski definition) is 0. The number of carbonyl (C=O) groups excluding carboxylic acids is 2. The third-order valence-electron chi connectivity index (χ3n) is 1.20. The van der Waals surface area contributed by atoms with Crippen LogP contribution >= 0.6 is 0 Å². The standard InChI is InChI=1S/C8H14O4/c1-6(12-8(3)10)4-5-11-7(2)9/h6H,4-5H2,1-3H3/t6-/m1/s1. The van der Waals surface area contributed by atoms with Gasteiger partial charge in [0.25, 0.3) is 0 Å². The Labute approximate surface area is 71.8 Å². The summed E-state index contributed by atoms with van der Waals surface area (Å²) in [4.78, 5) is 20.7. The van der Waals surface area contributed by atoms with Crippen molar-refractivity contribution < 1.29 is 19.1 Å². The second kappa shape index (κ2) is 5.57. The van der Waals surface area contributed by atoms with E-state index in [2.05, 4.69) is 4.74 Å². The zero-order valence-corrected chi connectivity index (χ0v) is 7.62. The molecule has 0 amide bonds. The second-order valence-electron chi connectivity index (χ2n) is 2.55. The highest BCUT2D eigenvalue weighted by atomic mass is 16.6. The van der Waals surface area contributed by atoms with E-state index in [0.717, 1.165) is 0 Å². The van der Waals surface area contributed by atoms with Gasteiger partial charge in [0.2, 0.25) is 0 Å². The van der Waals surface area contributed by atoms with Crippen LogP contribution in [-0.4, -0.2) is 24.6 Å². The number of carbonyl (C=O) groups is 2. The van der Waals surface area contributed by atoms with Crippen molar-refractivity contribution in [2.75, 3.05) is 6.61 Å². The van der Waals surface area contributed by atoms with Crippen molar-refractivity contribution in [3.8, 4) is 0 Å². The molecule has 0 aromatic carbocycles. The van der Waals surface area contributed by atoms with Crippen molar-refractivity contribution >= 4 is 11.9 Å². The smallest absolute Gasteiger partial charge is 0.302 e. The van der Waals surface area contributed by atoms with Gasteiger partial charge in [-0.2, -0.15) is 0 Å². The van der Waals surface area contributed by atoms with E-state index in [9.17, 15) is 9.59 Å². The second-order valence-corrected chi connectivity index (χ2v) is 2.55. The molecule has 0 fully saturated rings. The van der Waals surface area contributed by atoms with Gasteiger partial charge in [-0.05, 0) is 6.92 Å². The molecule has 0 aromatic rings. The molecule has 0 N–H and O–H groups in total. The average Bonchev–Trinajstić information content (AvgIpc) is 1.84. The molecule has 0 saturated heterocycles. The Kier molecular flexibility index (Phi) is 5.08. The van der Waals surface area contributed by atoms with Crippen molar-refractivity contribution in [3.05, 3.63) is 0 Å². The van der Waals surface area contributed by atoms with E-state index in [1.807, 2.05) is 0 Å². The van der Waals surface area contributed by atoms with Gasteiger partial charge in [0.15, 0.2) is 0 Å². The minimum absolute atomic E-state index is 0.193. The molecule has 0 spiro atoms. The maximum absolute atomic E-state index is 10.4. The summed E-state index contributed by atoms with van der Waals surface area (Å²) < 4.78 is 9.47. The predicted octanol–water partition coefficient (Wildman–Crippen LogP) is 0.891. The first kappa shape index (κ1) is 10.9. The van der Waals surface area contributed by atoms with Gasteiger partial charge in [0.05, 0.1) is 6.61 Å². The van der Waals surface area contributed by atoms with Crippen molar-refractivity contribution in [2.24, 2.45) is 0 Å². The molecule has 0 rings (SSSR count). The highest BCUT2D eigenvalue weighted by Gasteiger charge is 2.05. The fourth-order valence-corrected chi connectivity index (χ4v) is 0.711. The molecule has 4 heteroatoms. The van der Waals surface area contributed by atoms with Crippen LogP contribution in [0.3, 0.4) is 0 Å². The van der Waals surface area contributed by atoms with E-state index < -0.39 is 0 Å². The van der Waals surface area contributed by atoms with E-state index in [0.29, 0.717) is 13.0 Å². The Morgan fingerprint density at radius 1 is 1.25 bits per heavy atom. The Hall–Kier alpha value is -1.06. The molecule has 0 aliphatic carbocycles.